The molecule has 0 spiro atoms. The van der Waals surface area contributed by atoms with Gasteiger partial charge in [0.25, 0.3) is 0 Å². The lowest BCUT2D eigenvalue weighted by molar-refractivity contribution is -0.125. The van der Waals surface area contributed by atoms with E-state index < -0.39 is 0 Å². The molecular weight excluding hydrogens is 194 g/mol. The number of aromatic nitrogens is 2. The topological polar surface area (TPSA) is 56.1 Å². The largest absolute Gasteiger partial charge is 0.375 e. The number of rotatable bonds is 4. The van der Waals surface area contributed by atoms with E-state index in [4.69, 9.17) is 4.74 Å². The SMILES string of the molecule is COCC(=O)N[C@@H](C)c1cnn(C)c1C. The predicted octanol–water partition coefficient (Wildman–Crippen LogP) is 0.552. The molecule has 1 atom stereocenters. The van der Waals surface area contributed by atoms with Crippen LogP contribution in [-0.4, -0.2) is 29.4 Å². The fraction of sp³-hybridized carbons (Fsp3) is 0.600. The first kappa shape index (κ1) is 11.7. The van der Waals surface area contributed by atoms with Gasteiger partial charge in [0.2, 0.25) is 5.91 Å². The van der Waals surface area contributed by atoms with Gasteiger partial charge < -0.3 is 10.1 Å². The van der Waals surface area contributed by atoms with Gasteiger partial charge in [-0.3, -0.25) is 9.48 Å². The molecule has 0 fully saturated rings. The number of ether oxygens (including phenoxy) is 1. The second-order valence-electron chi connectivity index (χ2n) is 3.53. The van der Waals surface area contributed by atoms with E-state index in [1.54, 1.807) is 10.9 Å². The molecular formula is C10H17N3O2. The van der Waals surface area contributed by atoms with Crippen molar-refractivity contribution in [2.24, 2.45) is 7.05 Å². The van der Waals surface area contributed by atoms with Crippen molar-refractivity contribution in [3.8, 4) is 0 Å². The standard InChI is InChI=1S/C10H17N3O2/c1-7(12-10(14)6-15-4)9-5-11-13(3)8(9)2/h5,7H,6H2,1-4H3,(H,12,14)/t7-/m0/s1. The van der Waals surface area contributed by atoms with Crippen LogP contribution in [0.1, 0.15) is 24.2 Å². The van der Waals surface area contributed by atoms with Gasteiger partial charge in [-0.25, -0.2) is 0 Å². The number of methoxy groups -OCH3 is 1. The normalized spacial score (nSPS) is 12.5. The van der Waals surface area contributed by atoms with Gasteiger partial charge in [0, 0.05) is 25.4 Å². The molecule has 0 bridgehead atoms. The molecule has 0 saturated carbocycles. The number of nitrogens with one attached hydrogen (secondary N) is 1. The van der Waals surface area contributed by atoms with Crippen molar-refractivity contribution in [1.82, 2.24) is 15.1 Å². The van der Waals surface area contributed by atoms with E-state index in [1.807, 2.05) is 20.9 Å². The van der Waals surface area contributed by atoms with E-state index in [0.29, 0.717) is 0 Å². The molecule has 0 aliphatic heterocycles. The van der Waals surface area contributed by atoms with Crippen LogP contribution in [0.25, 0.3) is 0 Å². The summed E-state index contributed by atoms with van der Waals surface area (Å²) >= 11 is 0. The lowest BCUT2D eigenvalue weighted by atomic mass is 10.1. The van der Waals surface area contributed by atoms with E-state index >= 15 is 0 Å². The molecule has 0 unspecified atom stereocenters. The molecule has 0 aliphatic rings. The molecule has 1 aromatic rings. The highest BCUT2D eigenvalue weighted by atomic mass is 16.5. The molecule has 1 amide bonds. The van der Waals surface area contributed by atoms with Gasteiger partial charge in [-0.15, -0.1) is 0 Å². The maximum absolute atomic E-state index is 11.3. The highest BCUT2D eigenvalue weighted by Gasteiger charge is 2.13. The molecule has 15 heavy (non-hydrogen) atoms. The lowest BCUT2D eigenvalue weighted by Crippen LogP contribution is -2.30. The Balaban J connectivity index is 2.65. The third kappa shape index (κ3) is 2.79. The Morgan fingerprint density at radius 3 is 2.87 bits per heavy atom. The van der Waals surface area contributed by atoms with E-state index in [0.717, 1.165) is 11.3 Å². The first-order chi connectivity index (χ1) is 7.06. The zero-order valence-corrected chi connectivity index (χ0v) is 9.57. The van der Waals surface area contributed by atoms with Crippen LogP contribution in [0, 0.1) is 6.92 Å². The van der Waals surface area contributed by atoms with Gasteiger partial charge in [-0.1, -0.05) is 0 Å². The number of aryl methyl sites for hydroxylation is 1. The molecule has 0 saturated heterocycles. The smallest absolute Gasteiger partial charge is 0.246 e. The molecule has 1 N–H and O–H groups in total. The highest BCUT2D eigenvalue weighted by molar-refractivity contribution is 5.77. The molecule has 1 rings (SSSR count). The van der Waals surface area contributed by atoms with Gasteiger partial charge >= 0.3 is 0 Å². The van der Waals surface area contributed by atoms with Crippen molar-refractivity contribution < 1.29 is 9.53 Å². The van der Waals surface area contributed by atoms with Gasteiger partial charge in [0.05, 0.1) is 12.2 Å². The van der Waals surface area contributed by atoms with Crippen LogP contribution in [0.2, 0.25) is 0 Å². The lowest BCUT2D eigenvalue weighted by Gasteiger charge is -2.13. The first-order valence-corrected chi connectivity index (χ1v) is 4.83. The maximum Gasteiger partial charge on any atom is 0.246 e. The molecule has 0 aliphatic carbocycles. The molecule has 84 valence electrons. The van der Waals surface area contributed by atoms with Crippen LogP contribution in [0.3, 0.4) is 0 Å². The summed E-state index contributed by atoms with van der Waals surface area (Å²) in [6, 6.07) is -0.0404. The Morgan fingerprint density at radius 1 is 1.73 bits per heavy atom. The maximum atomic E-state index is 11.3. The van der Waals surface area contributed by atoms with Crippen LogP contribution in [0.5, 0.6) is 0 Å². The fourth-order valence-electron chi connectivity index (χ4n) is 1.43. The summed E-state index contributed by atoms with van der Waals surface area (Å²) in [4.78, 5) is 11.3. The number of carbonyl (C=O) groups is 1. The second-order valence-corrected chi connectivity index (χ2v) is 3.53. The number of nitrogens with zero attached hydrogens (tertiary/aromatic N) is 2. The van der Waals surface area contributed by atoms with E-state index in [-0.39, 0.29) is 18.6 Å². The third-order valence-corrected chi connectivity index (χ3v) is 2.39. The minimum absolute atomic E-state index is 0.0404. The minimum atomic E-state index is -0.117. The minimum Gasteiger partial charge on any atom is -0.375 e. The Bertz CT molecular complexity index is 346. The Hall–Kier alpha value is -1.36. The summed E-state index contributed by atoms with van der Waals surface area (Å²) < 4.78 is 6.53. The monoisotopic (exact) mass is 211 g/mol. The van der Waals surface area contributed by atoms with Crippen molar-refractivity contribution in [3.05, 3.63) is 17.5 Å². The summed E-state index contributed by atoms with van der Waals surface area (Å²) in [5, 5.41) is 6.96. The third-order valence-electron chi connectivity index (χ3n) is 2.39. The zero-order chi connectivity index (χ0) is 11.4. The average molecular weight is 211 g/mol. The number of amides is 1. The van der Waals surface area contributed by atoms with Crippen molar-refractivity contribution >= 4 is 5.91 Å². The summed E-state index contributed by atoms with van der Waals surface area (Å²) in [5.74, 6) is -0.117. The van der Waals surface area contributed by atoms with Crippen LogP contribution in [0.4, 0.5) is 0 Å². The van der Waals surface area contributed by atoms with Gasteiger partial charge in [0.15, 0.2) is 0 Å². The number of hydrogen-bond donors (Lipinski definition) is 1. The van der Waals surface area contributed by atoms with E-state index in [1.165, 1.54) is 7.11 Å². The summed E-state index contributed by atoms with van der Waals surface area (Å²) in [5.41, 5.74) is 2.09. The quantitative estimate of drug-likeness (QED) is 0.791. The van der Waals surface area contributed by atoms with Crippen LogP contribution >= 0.6 is 0 Å². The average Bonchev–Trinajstić information content (AvgIpc) is 2.48. The number of hydrogen-bond acceptors (Lipinski definition) is 3. The molecule has 0 aromatic carbocycles. The highest BCUT2D eigenvalue weighted by Crippen LogP contribution is 2.15. The first-order valence-electron chi connectivity index (χ1n) is 4.83. The molecule has 0 radical (unpaired) electrons. The van der Waals surface area contributed by atoms with Crippen molar-refractivity contribution in [2.75, 3.05) is 13.7 Å². The fourth-order valence-corrected chi connectivity index (χ4v) is 1.43. The Kier molecular flexibility index (Phi) is 3.85. The Labute approximate surface area is 89.4 Å². The molecule has 1 heterocycles. The predicted molar refractivity (Wildman–Crippen MR) is 56.4 cm³/mol. The number of carbonyl (C=O) groups excluding carboxylic acids is 1. The van der Waals surface area contributed by atoms with Crippen molar-refractivity contribution in [3.63, 3.8) is 0 Å². The second kappa shape index (κ2) is 4.93. The van der Waals surface area contributed by atoms with Gasteiger partial charge in [-0.05, 0) is 13.8 Å². The molecule has 5 nitrogen and oxygen atoms in total. The zero-order valence-electron chi connectivity index (χ0n) is 9.57. The molecule has 1 aromatic heterocycles. The van der Waals surface area contributed by atoms with Crippen LogP contribution in [-0.2, 0) is 16.6 Å². The summed E-state index contributed by atoms with van der Waals surface area (Å²) in [6.07, 6.45) is 1.77. The van der Waals surface area contributed by atoms with E-state index in [9.17, 15) is 4.79 Å². The van der Waals surface area contributed by atoms with Gasteiger partial charge in [-0.2, -0.15) is 5.10 Å². The Morgan fingerprint density at radius 2 is 2.40 bits per heavy atom. The van der Waals surface area contributed by atoms with Crippen LogP contribution < -0.4 is 5.32 Å². The van der Waals surface area contributed by atoms with Gasteiger partial charge in [0.1, 0.15) is 6.61 Å². The van der Waals surface area contributed by atoms with Crippen LogP contribution in [0.15, 0.2) is 6.20 Å². The van der Waals surface area contributed by atoms with Crippen molar-refractivity contribution in [2.45, 2.75) is 19.9 Å². The van der Waals surface area contributed by atoms with E-state index in [2.05, 4.69) is 10.4 Å². The summed E-state index contributed by atoms with van der Waals surface area (Å²) in [6.45, 7) is 3.99. The molecule has 5 heteroatoms. The van der Waals surface area contributed by atoms with Crippen molar-refractivity contribution in [1.29, 1.82) is 0 Å². The summed E-state index contributed by atoms with van der Waals surface area (Å²) in [7, 11) is 3.38.